The van der Waals surface area contributed by atoms with Crippen molar-refractivity contribution in [1.82, 2.24) is 0 Å². The summed E-state index contributed by atoms with van der Waals surface area (Å²) in [6.07, 6.45) is 0. The van der Waals surface area contributed by atoms with Gasteiger partial charge in [-0.25, -0.2) is 0 Å². The van der Waals surface area contributed by atoms with E-state index in [1.807, 2.05) is 27.3 Å². The predicted molar refractivity (Wildman–Crippen MR) is 63.9 cm³/mol. The van der Waals surface area contributed by atoms with Crippen LogP contribution in [0.2, 0.25) is 6.55 Å². The Labute approximate surface area is 111 Å². The van der Waals surface area contributed by atoms with Gasteiger partial charge in [-0.2, -0.15) is 0 Å². The Balaban J connectivity index is 0. The van der Waals surface area contributed by atoms with E-state index in [0.717, 1.165) is 0 Å². The third-order valence-electron chi connectivity index (χ3n) is 1.54. The molecule has 0 rings (SSSR count). The van der Waals surface area contributed by atoms with E-state index in [0.29, 0.717) is 19.8 Å². The summed E-state index contributed by atoms with van der Waals surface area (Å²) in [5, 5.41) is 0. The monoisotopic (exact) mass is 299 g/mol. The lowest BCUT2D eigenvalue weighted by molar-refractivity contribution is -0.541. The molecule has 0 heterocycles. The summed E-state index contributed by atoms with van der Waals surface area (Å²) in [7, 11) is -7.16. The minimum Gasteiger partial charge on any atom is -0.861 e. The van der Waals surface area contributed by atoms with E-state index in [1.165, 1.54) is 6.92 Å². The molecule has 0 saturated heterocycles. The van der Waals surface area contributed by atoms with E-state index in [1.54, 1.807) is 0 Å². The molecule has 0 N–H and O–H groups in total. The molecule has 9 heteroatoms. The standard InChI is InChI=1S/C7H18O3Si.C2H5O4Si/c1-5-8-11(4,9-6-2)10-7-3;1-2-6-7(3,4)5/h5-7H2,1-4H3;2H2,1H3/q;-3. The zero-order valence-electron chi connectivity index (χ0n) is 11.7. The Kier molecular flexibility index (Phi) is 12.5. The van der Waals surface area contributed by atoms with Crippen molar-refractivity contribution in [3.63, 3.8) is 0 Å². The van der Waals surface area contributed by atoms with Crippen molar-refractivity contribution in [2.24, 2.45) is 0 Å². The molecule has 0 bridgehead atoms. The summed E-state index contributed by atoms with van der Waals surface area (Å²) in [6.45, 7) is 11.1. The van der Waals surface area contributed by atoms with Crippen molar-refractivity contribution < 1.29 is 32.1 Å². The fraction of sp³-hybridized carbons (Fsp3) is 1.00. The first-order valence-corrected chi connectivity index (χ1v) is 9.77. The van der Waals surface area contributed by atoms with Gasteiger partial charge in [0.25, 0.3) is 0 Å². The van der Waals surface area contributed by atoms with Crippen LogP contribution < -0.4 is 14.4 Å². The van der Waals surface area contributed by atoms with Gasteiger partial charge in [-0.05, 0) is 27.7 Å². The maximum absolute atomic E-state index is 9.51. The Bertz CT molecular complexity index is 169. The first kappa shape index (κ1) is 20.5. The molecule has 0 aromatic carbocycles. The van der Waals surface area contributed by atoms with Gasteiger partial charge in [0.15, 0.2) is 0 Å². The second-order valence-electron chi connectivity index (χ2n) is 3.09. The highest BCUT2D eigenvalue weighted by molar-refractivity contribution is 6.59. The van der Waals surface area contributed by atoms with Crippen molar-refractivity contribution in [3.8, 4) is 0 Å². The molecule has 0 aromatic rings. The third-order valence-corrected chi connectivity index (χ3v) is 4.62. The van der Waals surface area contributed by atoms with Crippen LogP contribution in [0, 0.1) is 0 Å². The summed E-state index contributed by atoms with van der Waals surface area (Å²) in [4.78, 5) is 28.5. The molecule has 0 fully saturated rings. The topological polar surface area (TPSA) is 106 Å². The lowest BCUT2D eigenvalue weighted by atomic mass is 10.9. The van der Waals surface area contributed by atoms with E-state index < -0.39 is 17.9 Å². The molecule has 18 heavy (non-hydrogen) atoms. The number of hydrogen-bond donors (Lipinski definition) is 0. The summed E-state index contributed by atoms with van der Waals surface area (Å²) in [5.41, 5.74) is 0. The van der Waals surface area contributed by atoms with E-state index in [-0.39, 0.29) is 6.61 Å². The van der Waals surface area contributed by atoms with Gasteiger partial charge < -0.3 is 32.1 Å². The van der Waals surface area contributed by atoms with E-state index in [9.17, 15) is 14.4 Å². The van der Waals surface area contributed by atoms with Crippen LogP contribution in [0.4, 0.5) is 0 Å². The molecule has 0 saturated carbocycles. The van der Waals surface area contributed by atoms with E-state index in [4.69, 9.17) is 13.3 Å². The van der Waals surface area contributed by atoms with Gasteiger partial charge in [-0.15, -0.1) is 9.05 Å². The number of rotatable bonds is 8. The number of hydrogen-bond acceptors (Lipinski definition) is 7. The van der Waals surface area contributed by atoms with Crippen molar-refractivity contribution in [1.29, 1.82) is 0 Å². The third kappa shape index (κ3) is 14.2. The highest BCUT2D eigenvalue weighted by Gasteiger charge is 2.32. The van der Waals surface area contributed by atoms with Gasteiger partial charge in [0, 0.05) is 33.0 Å². The molecule has 0 spiro atoms. The molecule has 112 valence electrons. The van der Waals surface area contributed by atoms with Crippen LogP contribution in [0.25, 0.3) is 0 Å². The summed E-state index contributed by atoms with van der Waals surface area (Å²) in [5.74, 6) is 0. The van der Waals surface area contributed by atoms with Crippen LogP contribution in [-0.4, -0.2) is 44.3 Å². The SMILES string of the molecule is CCO[Si](C)(OCC)OCC.CCO[Si]([O-])([O-])[O-]. The van der Waals surface area contributed by atoms with Gasteiger partial charge in [0.1, 0.15) is 0 Å². The molecule has 0 unspecified atom stereocenters. The zero-order chi connectivity index (χ0) is 14.7. The molecular weight excluding hydrogens is 276 g/mol. The summed E-state index contributed by atoms with van der Waals surface area (Å²) in [6, 6.07) is 0. The van der Waals surface area contributed by atoms with Crippen LogP contribution >= 0.6 is 0 Å². The second-order valence-corrected chi connectivity index (χ2v) is 6.97. The van der Waals surface area contributed by atoms with Crippen LogP contribution in [0.5, 0.6) is 0 Å². The van der Waals surface area contributed by atoms with Crippen LogP contribution in [0.3, 0.4) is 0 Å². The maximum atomic E-state index is 9.51. The molecule has 0 aromatic heterocycles. The normalized spacial score (nSPS) is 12.0. The molecule has 0 radical (unpaired) electrons. The average Bonchev–Trinajstić information content (AvgIpc) is 2.17. The van der Waals surface area contributed by atoms with Gasteiger partial charge in [0.05, 0.1) is 0 Å². The van der Waals surface area contributed by atoms with Crippen molar-refractivity contribution in [3.05, 3.63) is 0 Å². The fourth-order valence-electron chi connectivity index (χ4n) is 1.09. The minimum absolute atomic E-state index is 0.0667. The largest absolute Gasteiger partial charge is 0.861 e. The smallest absolute Gasteiger partial charge is 0.497 e. The Morgan fingerprint density at radius 2 is 0.944 bits per heavy atom. The molecule has 0 aliphatic rings. The van der Waals surface area contributed by atoms with E-state index in [2.05, 4.69) is 4.43 Å². The van der Waals surface area contributed by atoms with Gasteiger partial charge in [-0.1, -0.05) is 0 Å². The van der Waals surface area contributed by atoms with Crippen molar-refractivity contribution in [2.45, 2.75) is 34.2 Å². The molecule has 0 atom stereocenters. The maximum Gasteiger partial charge on any atom is 0.497 e. The first-order valence-electron chi connectivity index (χ1n) is 5.91. The highest BCUT2D eigenvalue weighted by Crippen LogP contribution is 2.08. The fourth-order valence-corrected chi connectivity index (χ4v) is 3.27. The molecular formula is C9H23O7Si2-3. The van der Waals surface area contributed by atoms with Crippen LogP contribution in [0.1, 0.15) is 27.7 Å². The zero-order valence-corrected chi connectivity index (χ0v) is 13.7. The Morgan fingerprint density at radius 1 is 0.667 bits per heavy atom. The molecule has 7 nitrogen and oxygen atoms in total. The second kappa shape index (κ2) is 11.0. The molecule has 0 amide bonds. The molecule has 0 aliphatic carbocycles. The van der Waals surface area contributed by atoms with Crippen molar-refractivity contribution in [2.75, 3.05) is 26.4 Å². The summed E-state index contributed by atoms with van der Waals surface area (Å²) >= 11 is 0. The van der Waals surface area contributed by atoms with Gasteiger partial charge in [0.2, 0.25) is 0 Å². The lowest BCUT2D eigenvalue weighted by Crippen LogP contribution is -2.75. The quantitative estimate of drug-likeness (QED) is 0.487. The predicted octanol–water partition coefficient (Wildman–Crippen LogP) is -1.80. The van der Waals surface area contributed by atoms with Crippen LogP contribution in [0.15, 0.2) is 0 Å². The van der Waals surface area contributed by atoms with Crippen molar-refractivity contribution >= 4 is 17.9 Å². The molecule has 0 aliphatic heterocycles. The Hall–Kier alpha value is 0.154. The van der Waals surface area contributed by atoms with Gasteiger partial charge >= 0.3 is 8.80 Å². The lowest BCUT2D eigenvalue weighted by Gasteiger charge is -2.53. The average molecular weight is 299 g/mol. The minimum atomic E-state index is -4.91. The first-order chi connectivity index (χ1) is 8.24. The summed E-state index contributed by atoms with van der Waals surface area (Å²) < 4.78 is 19.9. The Morgan fingerprint density at radius 3 is 1.06 bits per heavy atom. The van der Waals surface area contributed by atoms with Crippen LogP contribution in [-0.2, 0) is 17.7 Å². The van der Waals surface area contributed by atoms with E-state index >= 15 is 0 Å². The van der Waals surface area contributed by atoms with Gasteiger partial charge in [-0.3, -0.25) is 0 Å². The highest BCUT2D eigenvalue weighted by atomic mass is 28.4.